The summed E-state index contributed by atoms with van der Waals surface area (Å²) in [5.41, 5.74) is 0.353. The maximum Gasteiger partial charge on any atom is 0.407 e. The SMILES string of the molecule is COC(=O)N[C@H](C(=O)Nc1cc(OC)c(OC)cc1Cl)C(C)C. The Morgan fingerprint density at radius 2 is 1.65 bits per heavy atom. The molecular formula is C15H21ClN2O5. The van der Waals surface area contributed by atoms with Crippen LogP contribution < -0.4 is 20.1 Å². The second-order valence-electron chi connectivity index (χ2n) is 5.03. The van der Waals surface area contributed by atoms with E-state index < -0.39 is 18.0 Å². The number of methoxy groups -OCH3 is 3. The molecule has 128 valence electrons. The van der Waals surface area contributed by atoms with Gasteiger partial charge in [-0.1, -0.05) is 25.4 Å². The van der Waals surface area contributed by atoms with E-state index in [9.17, 15) is 9.59 Å². The van der Waals surface area contributed by atoms with E-state index >= 15 is 0 Å². The fourth-order valence-electron chi connectivity index (χ4n) is 1.88. The smallest absolute Gasteiger partial charge is 0.407 e. The minimum absolute atomic E-state index is 0.145. The molecule has 2 N–H and O–H groups in total. The largest absolute Gasteiger partial charge is 0.493 e. The summed E-state index contributed by atoms with van der Waals surface area (Å²) in [7, 11) is 4.20. The van der Waals surface area contributed by atoms with E-state index in [-0.39, 0.29) is 10.9 Å². The van der Waals surface area contributed by atoms with Crippen molar-refractivity contribution >= 4 is 29.3 Å². The van der Waals surface area contributed by atoms with Crippen LogP contribution in [0.2, 0.25) is 5.02 Å². The Balaban J connectivity index is 3.00. The fraction of sp³-hybridized carbons (Fsp3) is 0.467. The van der Waals surface area contributed by atoms with Gasteiger partial charge in [-0.25, -0.2) is 4.79 Å². The third-order valence-corrected chi connectivity index (χ3v) is 3.45. The van der Waals surface area contributed by atoms with Crippen LogP contribution >= 0.6 is 11.6 Å². The van der Waals surface area contributed by atoms with Crippen molar-refractivity contribution in [2.24, 2.45) is 5.92 Å². The lowest BCUT2D eigenvalue weighted by Crippen LogP contribution is -2.47. The van der Waals surface area contributed by atoms with Crippen LogP contribution in [0.5, 0.6) is 11.5 Å². The zero-order valence-corrected chi connectivity index (χ0v) is 14.5. The zero-order chi connectivity index (χ0) is 17.6. The molecule has 0 saturated carbocycles. The number of amides is 2. The molecule has 1 aromatic carbocycles. The highest BCUT2D eigenvalue weighted by atomic mass is 35.5. The van der Waals surface area contributed by atoms with E-state index in [0.29, 0.717) is 17.2 Å². The normalized spacial score (nSPS) is 11.6. The average molecular weight is 345 g/mol. The standard InChI is InChI=1S/C15H21ClN2O5/c1-8(2)13(18-15(20)23-5)14(19)17-10-7-12(22-4)11(21-3)6-9(10)16/h6-8,13H,1-5H3,(H,17,19)(H,18,20)/t13-/m0/s1. The van der Waals surface area contributed by atoms with Gasteiger partial charge >= 0.3 is 6.09 Å². The number of ether oxygens (including phenoxy) is 3. The summed E-state index contributed by atoms with van der Waals surface area (Å²) in [4.78, 5) is 23.8. The number of benzene rings is 1. The van der Waals surface area contributed by atoms with Gasteiger partial charge in [0, 0.05) is 12.1 Å². The molecule has 0 heterocycles. The van der Waals surface area contributed by atoms with Crippen LogP contribution in [0, 0.1) is 5.92 Å². The van der Waals surface area contributed by atoms with Crippen molar-refractivity contribution in [2.75, 3.05) is 26.6 Å². The van der Waals surface area contributed by atoms with Crippen LogP contribution in [0.25, 0.3) is 0 Å². The highest BCUT2D eigenvalue weighted by Crippen LogP contribution is 2.36. The molecule has 0 fully saturated rings. The van der Waals surface area contributed by atoms with E-state index in [0.717, 1.165) is 0 Å². The molecule has 0 aliphatic heterocycles. The summed E-state index contributed by atoms with van der Waals surface area (Å²) in [5.74, 6) is 0.311. The highest BCUT2D eigenvalue weighted by molar-refractivity contribution is 6.34. The molecule has 2 amide bonds. The van der Waals surface area contributed by atoms with Crippen molar-refractivity contribution < 1.29 is 23.8 Å². The number of carbonyl (C=O) groups excluding carboxylic acids is 2. The van der Waals surface area contributed by atoms with Crippen LogP contribution in [0.1, 0.15) is 13.8 Å². The topological polar surface area (TPSA) is 85.9 Å². The third-order valence-electron chi connectivity index (χ3n) is 3.14. The summed E-state index contributed by atoms with van der Waals surface area (Å²) in [6.07, 6.45) is -0.683. The van der Waals surface area contributed by atoms with Gasteiger partial charge in [-0.05, 0) is 5.92 Å². The molecule has 0 unspecified atom stereocenters. The highest BCUT2D eigenvalue weighted by Gasteiger charge is 2.25. The van der Waals surface area contributed by atoms with Crippen molar-refractivity contribution in [1.82, 2.24) is 5.32 Å². The van der Waals surface area contributed by atoms with Gasteiger partial charge in [-0.15, -0.1) is 0 Å². The van der Waals surface area contributed by atoms with Crippen LogP contribution in [0.3, 0.4) is 0 Å². The second-order valence-corrected chi connectivity index (χ2v) is 5.44. The Kier molecular flexibility index (Phi) is 6.96. The average Bonchev–Trinajstić information content (AvgIpc) is 2.53. The molecule has 0 saturated heterocycles. The Morgan fingerprint density at radius 1 is 1.09 bits per heavy atom. The summed E-state index contributed by atoms with van der Waals surface area (Å²) >= 11 is 6.14. The van der Waals surface area contributed by atoms with Crippen molar-refractivity contribution in [1.29, 1.82) is 0 Å². The van der Waals surface area contributed by atoms with E-state index in [1.165, 1.54) is 27.4 Å². The molecule has 1 rings (SSSR count). The van der Waals surface area contributed by atoms with Crippen LogP contribution in [0.4, 0.5) is 10.5 Å². The summed E-state index contributed by atoms with van der Waals surface area (Å²) < 4.78 is 14.8. The van der Waals surface area contributed by atoms with E-state index in [1.54, 1.807) is 19.9 Å². The predicted molar refractivity (Wildman–Crippen MR) is 87.4 cm³/mol. The maximum atomic E-state index is 12.4. The van der Waals surface area contributed by atoms with Crippen LogP contribution in [-0.2, 0) is 9.53 Å². The van der Waals surface area contributed by atoms with E-state index in [4.69, 9.17) is 21.1 Å². The van der Waals surface area contributed by atoms with Crippen LogP contribution in [-0.4, -0.2) is 39.4 Å². The number of rotatable bonds is 6. The lowest BCUT2D eigenvalue weighted by atomic mass is 10.0. The Hall–Kier alpha value is -2.15. The van der Waals surface area contributed by atoms with Gasteiger partial charge in [0.15, 0.2) is 11.5 Å². The fourth-order valence-corrected chi connectivity index (χ4v) is 2.08. The minimum atomic E-state index is -0.772. The summed E-state index contributed by atoms with van der Waals surface area (Å²) in [6, 6.07) is 2.31. The number of carbonyl (C=O) groups is 2. The molecule has 0 aromatic heterocycles. The first-order chi connectivity index (χ1) is 10.8. The lowest BCUT2D eigenvalue weighted by molar-refractivity contribution is -0.119. The number of nitrogens with one attached hydrogen (secondary N) is 2. The summed E-state index contributed by atoms with van der Waals surface area (Å²) in [6.45, 7) is 3.60. The molecular weight excluding hydrogens is 324 g/mol. The number of hydrogen-bond acceptors (Lipinski definition) is 5. The third kappa shape index (κ3) is 4.92. The lowest BCUT2D eigenvalue weighted by Gasteiger charge is -2.21. The molecule has 1 atom stereocenters. The van der Waals surface area contributed by atoms with Gasteiger partial charge in [-0.2, -0.15) is 0 Å². The van der Waals surface area contributed by atoms with Gasteiger partial charge in [-0.3, -0.25) is 4.79 Å². The molecule has 0 bridgehead atoms. The summed E-state index contributed by atoms with van der Waals surface area (Å²) in [5, 5.41) is 5.44. The molecule has 0 aliphatic rings. The molecule has 1 aromatic rings. The van der Waals surface area contributed by atoms with Crippen molar-refractivity contribution in [3.8, 4) is 11.5 Å². The quantitative estimate of drug-likeness (QED) is 0.828. The molecule has 7 nitrogen and oxygen atoms in total. The van der Waals surface area contributed by atoms with Gasteiger partial charge < -0.3 is 24.8 Å². The first kappa shape index (κ1) is 18.9. The molecule has 0 aliphatic carbocycles. The van der Waals surface area contributed by atoms with Crippen molar-refractivity contribution in [2.45, 2.75) is 19.9 Å². The number of alkyl carbamates (subject to hydrolysis) is 1. The van der Waals surface area contributed by atoms with Gasteiger partial charge in [0.1, 0.15) is 6.04 Å². The number of anilines is 1. The Morgan fingerprint density at radius 3 is 2.13 bits per heavy atom. The van der Waals surface area contributed by atoms with Gasteiger partial charge in [0.05, 0.1) is 32.0 Å². The first-order valence-electron chi connectivity index (χ1n) is 6.90. The Labute approximate surface area is 140 Å². The number of halogens is 1. The van der Waals surface area contributed by atoms with Crippen molar-refractivity contribution in [3.05, 3.63) is 17.2 Å². The first-order valence-corrected chi connectivity index (χ1v) is 7.28. The second kappa shape index (κ2) is 8.47. The molecule has 0 radical (unpaired) electrons. The van der Waals surface area contributed by atoms with Gasteiger partial charge in [0.25, 0.3) is 0 Å². The molecule has 8 heteroatoms. The van der Waals surface area contributed by atoms with E-state index in [1.807, 2.05) is 0 Å². The van der Waals surface area contributed by atoms with Gasteiger partial charge in [0.2, 0.25) is 5.91 Å². The molecule has 23 heavy (non-hydrogen) atoms. The predicted octanol–water partition coefficient (Wildman–Crippen LogP) is 2.68. The zero-order valence-electron chi connectivity index (χ0n) is 13.7. The van der Waals surface area contributed by atoms with E-state index in [2.05, 4.69) is 15.4 Å². The monoisotopic (exact) mass is 344 g/mol. The molecule has 0 spiro atoms. The maximum absolute atomic E-state index is 12.4. The number of hydrogen-bond donors (Lipinski definition) is 2. The van der Waals surface area contributed by atoms with Crippen LogP contribution in [0.15, 0.2) is 12.1 Å². The minimum Gasteiger partial charge on any atom is -0.493 e. The van der Waals surface area contributed by atoms with Crippen molar-refractivity contribution in [3.63, 3.8) is 0 Å². The Bertz CT molecular complexity index is 577.